The molecule has 0 spiro atoms. The first-order valence-electron chi connectivity index (χ1n) is 9.01. The molecule has 0 bridgehead atoms. The normalized spacial score (nSPS) is 17.4. The zero-order valence-electron chi connectivity index (χ0n) is 14.7. The minimum absolute atomic E-state index is 0.0509. The number of likely N-dealkylation sites (tertiary alicyclic amines) is 1. The van der Waals surface area contributed by atoms with Crippen LogP contribution >= 0.6 is 0 Å². The Hall–Kier alpha value is -2.90. The molecule has 1 aliphatic heterocycles. The summed E-state index contributed by atoms with van der Waals surface area (Å²) >= 11 is 0. The van der Waals surface area contributed by atoms with Gasteiger partial charge in [-0.15, -0.1) is 5.10 Å². The van der Waals surface area contributed by atoms with Crippen molar-refractivity contribution in [2.45, 2.75) is 25.7 Å². The van der Waals surface area contributed by atoms with E-state index in [0.29, 0.717) is 42.2 Å². The Kier molecular flexibility index (Phi) is 4.79. The summed E-state index contributed by atoms with van der Waals surface area (Å²) in [5, 5.41) is 11.2. The number of tetrazole rings is 1. The fourth-order valence-corrected chi connectivity index (χ4v) is 3.62. The Morgan fingerprint density at radius 2 is 2.11 bits per heavy atom. The standard InChI is InChI=1S/C19H19F2N5O/c20-16-7-5-14(17(21)10-16)4-3-13-2-1-9-25(11-13)19(27)15-6-8-18-22-23-24-26(18)12-15/h5-8,10,12-13H,1-4,9,11H2/t13-/m1/s1. The maximum Gasteiger partial charge on any atom is 0.255 e. The molecule has 1 amide bonds. The van der Waals surface area contributed by atoms with Crippen LogP contribution in [0, 0.1) is 17.6 Å². The van der Waals surface area contributed by atoms with Crippen LogP contribution in [0.1, 0.15) is 35.2 Å². The van der Waals surface area contributed by atoms with Crippen molar-refractivity contribution >= 4 is 11.6 Å². The summed E-state index contributed by atoms with van der Waals surface area (Å²) in [5.41, 5.74) is 1.65. The molecule has 0 radical (unpaired) electrons. The van der Waals surface area contributed by atoms with E-state index in [1.165, 1.54) is 16.6 Å². The van der Waals surface area contributed by atoms with E-state index in [9.17, 15) is 13.6 Å². The molecular formula is C19H19F2N5O. The molecular weight excluding hydrogens is 352 g/mol. The van der Waals surface area contributed by atoms with Crippen LogP contribution in [0.2, 0.25) is 0 Å². The van der Waals surface area contributed by atoms with E-state index in [-0.39, 0.29) is 5.91 Å². The maximum absolute atomic E-state index is 13.8. The van der Waals surface area contributed by atoms with Crippen LogP contribution in [0.3, 0.4) is 0 Å². The molecule has 140 valence electrons. The average molecular weight is 371 g/mol. The molecule has 1 saturated heterocycles. The lowest BCUT2D eigenvalue weighted by Crippen LogP contribution is -2.40. The molecule has 0 unspecified atom stereocenters. The molecule has 1 aromatic carbocycles. The lowest BCUT2D eigenvalue weighted by atomic mass is 9.91. The summed E-state index contributed by atoms with van der Waals surface area (Å²) in [5.74, 6) is -0.826. The Morgan fingerprint density at radius 1 is 1.22 bits per heavy atom. The molecule has 8 heteroatoms. The van der Waals surface area contributed by atoms with Gasteiger partial charge in [-0.3, -0.25) is 4.79 Å². The fraction of sp³-hybridized carbons (Fsp3) is 0.368. The molecule has 6 nitrogen and oxygen atoms in total. The van der Waals surface area contributed by atoms with E-state index < -0.39 is 11.6 Å². The average Bonchev–Trinajstić information content (AvgIpc) is 3.15. The third kappa shape index (κ3) is 3.79. The van der Waals surface area contributed by atoms with Crippen molar-refractivity contribution in [3.05, 3.63) is 59.3 Å². The maximum atomic E-state index is 13.8. The Balaban J connectivity index is 1.40. The molecule has 27 heavy (non-hydrogen) atoms. The van der Waals surface area contributed by atoms with Gasteiger partial charge in [-0.1, -0.05) is 6.07 Å². The van der Waals surface area contributed by atoms with Crippen molar-refractivity contribution in [2.75, 3.05) is 13.1 Å². The fourth-order valence-electron chi connectivity index (χ4n) is 3.62. The van der Waals surface area contributed by atoms with Crippen molar-refractivity contribution in [3.8, 4) is 0 Å². The predicted octanol–water partition coefficient (Wildman–Crippen LogP) is 2.89. The molecule has 4 rings (SSSR count). The summed E-state index contributed by atoms with van der Waals surface area (Å²) < 4.78 is 28.3. The van der Waals surface area contributed by atoms with Gasteiger partial charge in [0.15, 0.2) is 5.65 Å². The minimum Gasteiger partial charge on any atom is -0.338 e. The monoisotopic (exact) mass is 371 g/mol. The summed E-state index contributed by atoms with van der Waals surface area (Å²) in [6, 6.07) is 7.14. The van der Waals surface area contributed by atoms with E-state index in [4.69, 9.17) is 0 Å². The number of hydrogen-bond donors (Lipinski definition) is 0. The number of hydrogen-bond acceptors (Lipinski definition) is 4. The van der Waals surface area contributed by atoms with Crippen molar-refractivity contribution in [3.63, 3.8) is 0 Å². The summed E-state index contributed by atoms with van der Waals surface area (Å²) in [4.78, 5) is 14.7. The number of rotatable bonds is 4. The second-order valence-corrected chi connectivity index (χ2v) is 6.93. The van der Waals surface area contributed by atoms with E-state index in [1.54, 1.807) is 18.3 Å². The number of aromatic nitrogens is 4. The SMILES string of the molecule is O=C(c1ccc2nnnn2c1)N1CCC[C@H](CCc2ccc(F)cc2F)C1. The van der Waals surface area contributed by atoms with Gasteiger partial charge in [0.05, 0.1) is 5.56 Å². The Bertz CT molecular complexity index is 974. The first-order valence-corrected chi connectivity index (χ1v) is 9.01. The molecule has 2 aromatic heterocycles. The highest BCUT2D eigenvalue weighted by Crippen LogP contribution is 2.24. The van der Waals surface area contributed by atoms with Gasteiger partial charge in [0, 0.05) is 25.4 Å². The zero-order valence-corrected chi connectivity index (χ0v) is 14.7. The highest BCUT2D eigenvalue weighted by molar-refractivity contribution is 5.94. The molecule has 1 aliphatic rings. The quantitative estimate of drug-likeness (QED) is 0.707. The first-order chi connectivity index (χ1) is 13.1. The Morgan fingerprint density at radius 3 is 2.96 bits per heavy atom. The van der Waals surface area contributed by atoms with Crippen molar-refractivity contribution in [2.24, 2.45) is 5.92 Å². The van der Waals surface area contributed by atoms with Gasteiger partial charge in [-0.05, 0) is 65.8 Å². The number of halogens is 2. The lowest BCUT2D eigenvalue weighted by molar-refractivity contribution is 0.0667. The first kappa shape index (κ1) is 17.5. The van der Waals surface area contributed by atoms with E-state index in [2.05, 4.69) is 15.5 Å². The molecule has 0 saturated carbocycles. The summed E-state index contributed by atoms with van der Waals surface area (Å²) in [6.07, 6.45) is 4.84. The van der Waals surface area contributed by atoms with E-state index in [1.807, 2.05) is 4.90 Å². The lowest BCUT2D eigenvalue weighted by Gasteiger charge is -2.33. The van der Waals surface area contributed by atoms with Gasteiger partial charge in [-0.2, -0.15) is 4.52 Å². The van der Waals surface area contributed by atoms with Crippen LogP contribution in [-0.4, -0.2) is 43.9 Å². The van der Waals surface area contributed by atoms with E-state index in [0.717, 1.165) is 25.3 Å². The number of pyridine rings is 1. The van der Waals surface area contributed by atoms with Crippen LogP contribution < -0.4 is 0 Å². The number of piperidine rings is 1. The molecule has 3 heterocycles. The Labute approximate surface area is 154 Å². The van der Waals surface area contributed by atoms with Gasteiger partial charge < -0.3 is 4.90 Å². The van der Waals surface area contributed by atoms with Gasteiger partial charge >= 0.3 is 0 Å². The molecule has 0 N–H and O–H groups in total. The molecule has 1 atom stereocenters. The predicted molar refractivity (Wildman–Crippen MR) is 94.1 cm³/mol. The van der Waals surface area contributed by atoms with Crippen LogP contribution in [0.25, 0.3) is 5.65 Å². The second-order valence-electron chi connectivity index (χ2n) is 6.93. The third-order valence-electron chi connectivity index (χ3n) is 5.08. The smallest absolute Gasteiger partial charge is 0.255 e. The van der Waals surface area contributed by atoms with Crippen LogP contribution in [-0.2, 0) is 6.42 Å². The second kappa shape index (κ2) is 7.38. The number of amides is 1. The number of aryl methyl sites for hydroxylation is 1. The van der Waals surface area contributed by atoms with Crippen molar-refractivity contribution < 1.29 is 13.6 Å². The number of carbonyl (C=O) groups is 1. The summed E-state index contributed by atoms with van der Waals surface area (Å²) in [7, 11) is 0. The van der Waals surface area contributed by atoms with Gasteiger partial charge in [0.2, 0.25) is 0 Å². The molecule has 0 aliphatic carbocycles. The van der Waals surface area contributed by atoms with Gasteiger partial charge in [0.1, 0.15) is 11.6 Å². The highest BCUT2D eigenvalue weighted by atomic mass is 19.1. The van der Waals surface area contributed by atoms with Gasteiger partial charge in [0.25, 0.3) is 5.91 Å². The summed E-state index contributed by atoms with van der Waals surface area (Å²) in [6.45, 7) is 1.34. The van der Waals surface area contributed by atoms with Crippen molar-refractivity contribution in [1.82, 2.24) is 24.9 Å². The molecule has 1 fully saturated rings. The number of benzene rings is 1. The zero-order chi connectivity index (χ0) is 18.8. The molecule has 3 aromatic rings. The highest BCUT2D eigenvalue weighted by Gasteiger charge is 2.25. The van der Waals surface area contributed by atoms with Crippen LogP contribution in [0.4, 0.5) is 8.78 Å². The van der Waals surface area contributed by atoms with E-state index >= 15 is 0 Å². The minimum atomic E-state index is -0.565. The van der Waals surface area contributed by atoms with Crippen LogP contribution in [0.15, 0.2) is 36.5 Å². The van der Waals surface area contributed by atoms with Crippen LogP contribution in [0.5, 0.6) is 0 Å². The van der Waals surface area contributed by atoms with Crippen molar-refractivity contribution in [1.29, 1.82) is 0 Å². The number of nitrogens with zero attached hydrogens (tertiary/aromatic N) is 5. The topological polar surface area (TPSA) is 63.4 Å². The number of carbonyl (C=O) groups excluding carboxylic acids is 1. The largest absolute Gasteiger partial charge is 0.338 e. The third-order valence-corrected chi connectivity index (χ3v) is 5.08. The van der Waals surface area contributed by atoms with Gasteiger partial charge in [-0.25, -0.2) is 8.78 Å². The number of fused-ring (bicyclic) bond motifs is 1.